The van der Waals surface area contributed by atoms with E-state index in [1.807, 2.05) is 45.2 Å². The molecule has 0 aliphatic heterocycles. The number of hydrogen-bond donors (Lipinski definition) is 0. The molecule has 0 radical (unpaired) electrons. The monoisotopic (exact) mass is 935 g/mol. The molecule has 0 saturated carbocycles. The van der Waals surface area contributed by atoms with Crippen LogP contribution < -0.4 is 5.11 Å². The summed E-state index contributed by atoms with van der Waals surface area (Å²) in [5.74, 6) is -8.02. The Balaban J connectivity index is 2.54. The second kappa shape index (κ2) is 9.80. The van der Waals surface area contributed by atoms with E-state index in [0.29, 0.717) is 7.14 Å². The molecule has 0 fully saturated rings. The van der Waals surface area contributed by atoms with Crippen molar-refractivity contribution >= 4 is 125 Å². The molecule has 2 aromatic carbocycles. The van der Waals surface area contributed by atoms with Crippen molar-refractivity contribution in [3.63, 3.8) is 0 Å². The zero-order valence-electron chi connectivity index (χ0n) is 12.7. The van der Waals surface area contributed by atoms with Crippen molar-refractivity contribution in [2.75, 3.05) is 0 Å². The Hall–Kier alpha value is 0.890. The molecule has 1 unspecified atom stereocenters. The van der Waals surface area contributed by atoms with Gasteiger partial charge in [-0.3, -0.25) is 0 Å². The van der Waals surface area contributed by atoms with Crippen LogP contribution in [0.3, 0.4) is 0 Å². The summed E-state index contributed by atoms with van der Waals surface area (Å²) in [5.41, 5.74) is -0.0135. The Bertz CT molecular complexity index is 876. The van der Waals surface area contributed by atoms with E-state index < -0.39 is 24.0 Å². The highest BCUT2D eigenvalue weighted by molar-refractivity contribution is 14.1. The van der Waals surface area contributed by atoms with Crippen LogP contribution in [0.2, 0.25) is 0 Å². The lowest BCUT2D eigenvalue weighted by Gasteiger charge is -2.28. The molecule has 0 amide bonds. The van der Waals surface area contributed by atoms with Crippen LogP contribution in [0, 0.1) is 17.9 Å². The molecule has 144 valence electrons. The summed E-state index contributed by atoms with van der Waals surface area (Å²) >= 11 is 10.1. The van der Waals surface area contributed by atoms with Crippen molar-refractivity contribution in [2.45, 2.75) is 12.0 Å². The van der Waals surface area contributed by atoms with E-state index in [1.54, 1.807) is 6.07 Å². The summed E-state index contributed by atoms with van der Waals surface area (Å²) in [6, 6.07) is 7.02. The summed E-state index contributed by atoms with van der Waals surface area (Å²) in [5, 5.41) is 11.0. The van der Waals surface area contributed by atoms with Crippen LogP contribution in [0.4, 0.5) is 8.78 Å². The smallest absolute Gasteiger partial charge is 0.341 e. The van der Waals surface area contributed by atoms with Gasteiger partial charge in [0.2, 0.25) is 0 Å². The van der Waals surface area contributed by atoms with Gasteiger partial charge in [-0.25, -0.2) is 4.79 Å². The molecular weight excluding hydrogens is 929 g/mol. The number of hydrogen-bond acceptors (Lipinski definition) is 4. The lowest BCUT2D eigenvalue weighted by Crippen LogP contribution is -2.47. The Morgan fingerprint density at radius 2 is 1.33 bits per heavy atom. The molecule has 1 atom stereocenters. The van der Waals surface area contributed by atoms with E-state index in [1.165, 1.54) is 24.3 Å². The van der Waals surface area contributed by atoms with Gasteiger partial charge in [0.25, 0.3) is 0 Å². The van der Waals surface area contributed by atoms with Gasteiger partial charge in [-0.1, -0.05) is 30.3 Å². The number of carbonyl (C=O) groups is 2. The van der Waals surface area contributed by atoms with Crippen molar-refractivity contribution in [1.29, 1.82) is 0 Å². The third-order valence-corrected chi connectivity index (χ3v) is 12.9. The molecule has 0 saturated heterocycles. The van der Waals surface area contributed by atoms with Gasteiger partial charge in [0.05, 0.1) is 5.56 Å². The van der Waals surface area contributed by atoms with Gasteiger partial charge in [-0.05, 0) is 119 Å². The SMILES string of the molecule is O=C(OC(c1ccccc1)C(F)(F)C(=O)[O-])c1c(I)c(I)c(I)c(I)c1I. The molecule has 2 rings (SSSR count). The van der Waals surface area contributed by atoms with Crippen LogP contribution in [0.5, 0.6) is 0 Å². The average molecular weight is 935 g/mol. The normalized spacial score (nSPS) is 12.6. The van der Waals surface area contributed by atoms with Crippen LogP contribution in [-0.4, -0.2) is 17.9 Å². The fourth-order valence-electron chi connectivity index (χ4n) is 2.04. The fourth-order valence-corrected chi connectivity index (χ4v) is 7.24. The van der Waals surface area contributed by atoms with Crippen LogP contribution in [0.15, 0.2) is 30.3 Å². The Kier molecular flexibility index (Phi) is 8.77. The van der Waals surface area contributed by atoms with Gasteiger partial charge in [-0.2, -0.15) is 8.78 Å². The summed E-state index contributed by atoms with van der Waals surface area (Å²) in [4.78, 5) is 23.7. The summed E-state index contributed by atoms with van der Waals surface area (Å²) in [6.45, 7) is 0. The van der Waals surface area contributed by atoms with Crippen molar-refractivity contribution < 1.29 is 28.2 Å². The standard InChI is InChI=1S/C16H7F2I5O4/c17-16(18,15(25)26)13(6-4-2-1-3-5-6)27-14(24)7-8(19)10(21)12(23)11(22)9(7)20/h1-5,13H,(H,25,26)/p-1. The highest BCUT2D eigenvalue weighted by Gasteiger charge is 2.46. The Labute approximate surface area is 221 Å². The maximum absolute atomic E-state index is 14.2. The van der Waals surface area contributed by atoms with E-state index in [0.717, 1.165) is 10.7 Å². The quantitative estimate of drug-likeness (QED) is 0.184. The number of carboxylic acid groups (broad SMARTS) is 1. The van der Waals surface area contributed by atoms with Crippen molar-refractivity contribution in [3.05, 3.63) is 59.3 Å². The third-order valence-electron chi connectivity index (χ3n) is 3.34. The van der Waals surface area contributed by atoms with E-state index in [9.17, 15) is 23.5 Å². The minimum absolute atomic E-state index is 0.125. The minimum atomic E-state index is -4.39. The van der Waals surface area contributed by atoms with Gasteiger partial charge >= 0.3 is 11.9 Å². The summed E-state index contributed by atoms with van der Waals surface area (Å²) in [6.07, 6.45) is -2.31. The topological polar surface area (TPSA) is 66.4 Å². The Morgan fingerprint density at radius 3 is 1.78 bits per heavy atom. The molecule has 0 aromatic heterocycles. The first-order valence-corrected chi connectivity index (χ1v) is 12.3. The number of carbonyl (C=O) groups excluding carboxylic acids is 2. The van der Waals surface area contributed by atoms with Gasteiger partial charge in [0.15, 0.2) is 6.10 Å². The van der Waals surface area contributed by atoms with E-state index in [2.05, 4.69) is 67.8 Å². The molecule has 4 nitrogen and oxygen atoms in total. The summed E-state index contributed by atoms with van der Waals surface area (Å²) in [7, 11) is 0. The molecule has 0 N–H and O–H groups in total. The predicted molar refractivity (Wildman–Crippen MR) is 135 cm³/mol. The number of rotatable bonds is 5. The van der Waals surface area contributed by atoms with Crippen LogP contribution >= 0.6 is 113 Å². The molecule has 0 aliphatic carbocycles. The van der Waals surface area contributed by atoms with Crippen LogP contribution in [0.25, 0.3) is 0 Å². The molecule has 2 aromatic rings. The first-order chi connectivity index (χ1) is 12.5. The van der Waals surface area contributed by atoms with E-state index in [-0.39, 0.29) is 11.1 Å². The number of aliphatic carboxylic acids is 1. The predicted octanol–water partition coefficient (Wildman–Crippen LogP) is 4.99. The number of carboxylic acids is 1. The zero-order chi connectivity index (χ0) is 20.5. The molecule has 0 spiro atoms. The molecule has 0 aliphatic rings. The van der Waals surface area contributed by atoms with Gasteiger partial charge in [0.1, 0.15) is 5.97 Å². The Morgan fingerprint density at radius 1 is 0.889 bits per heavy atom. The zero-order valence-corrected chi connectivity index (χ0v) is 23.5. The largest absolute Gasteiger partial charge is 0.544 e. The number of esters is 1. The van der Waals surface area contributed by atoms with E-state index >= 15 is 0 Å². The maximum atomic E-state index is 14.2. The second-order valence-electron chi connectivity index (χ2n) is 5.05. The van der Waals surface area contributed by atoms with Crippen molar-refractivity contribution in [2.24, 2.45) is 0 Å². The molecule has 27 heavy (non-hydrogen) atoms. The second-order valence-corrected chi connectivity index (χ2v) is 10.4. The minimum Gasteiger partial charge on any atom is -0.544 e. The number of benzene rings is 2. The number of ether oxygens (including phenoxy) is 1. The average Bonchev–Trinajstić information content (AvgIpc) is 2.63. The highest BCUT2D eigenvalue weighted by Crippen LogP contribution is 2.38. The molecular formula is C16H6F2I5O4-. The first kappa shape index (κ1) is 24.2. The van der Waals surface area contributed by atoms with Crippen LogP contribution in [0.1, 0.15) is 22.0 Å². The van der Waals surface area contributed by atoms with Crippen molar-refractivity contribution in [1.82, 2.24) is 0 Å². The van der Waals surface area contributed by atoms with Gasteiger partial charge in [0, 0.05) is 17.9 Å². The first-order valence-electron chi connectivity index (χ1n) is 6.86. The number of halogens is 7. The number of alkyl halides is 2. The van der Waals surface area contributed by atoms with Gasteiger partial charge in [-0.15, -0.1) is 0 Å². The maximum Gasteiger partial charge on any atom is 0.341 e. The lowest BCUT2D eigenvalue weighted by atomic mass is 10.0. The van der Waals surface area contributed by atoms with Crippen molar-refractivity contribution in [3.8, 4) is 0 Å². The lowest BCUT2D eigenvalue weighted by molar-refractivity contribution is -0.336. The molecule has 0 bridgehead atoms. The fraction of sp³-hybridized carbons (Fsp3) is 0.125. The van der Waals surface area contributed by atoms with E-state index in [4.69, 9.17) is 4.74 Å². The van der Waals surface area contributed by atoms with Crippen LogP contribution in [-0.2, 0) is 9.53 Å². The highest BCUT2D eigenvalue weighted by atomic mass is 127. The summed E-state index contributed by atoms with van der Waals surface area (Å²) < 4.78 is 37.1. The third kappa shape index (κ3) is 5.15. The molecule has 11 heteroatoms. The van der Waals surface area contributed by atoms with Gasteiger partial charge < -0.3 is 14.6 Å². The molecule has 0 heterocycles.